The molecule has 0 aromatic carbocycles. The molecular formula is C21H28F6N6O4S. The summed E-state index contributed by atoms with van der Waals surface area (Å²) in [6, 6.07) is 0. The highest BCUT2D eigenvalue weighted by molar-refractivity contribution is 8.00. The summed E-state index contributed by atoms with van der Waals surface area (Å²) < 4.78 is 88.8. The highest BCUT2D eigenvalue weighted by Gasteiger charge is 2.52. The Kier molecular flexibility index (Phi) is 10.4. The van der Waals surface area contributed by atoms with Crippen LogP contribution in [0.2, 0.25) is 0 Å². The van der Waals surface area contributed by atoms with Crippen molar-refractivity contribution < 1.29 is 45.4 Å². The largest absolute Gasteiger partial charge is 0.419 e. The molecule has 1 aromatic rings. The highest BCUT2D eigenvalue weighted by Crippen LogP contribution is 2.37. The van der Waals surface area contributed by atoms with E-state index in [1.54, 1.807) is 9.80 Å². The molecule has 0 aliphatic carbocycles. The van der Waals surface area contributed by atoms with Gasteiger partial charge in [-0.2, -0.15) is 26.3 Å². The van der Waals surface area contributed by atoms with Gasteiger partial charge >= 0.3 is 12.4 Å². The summed E-state index contributed by atoms with van der Waals surface area (Å²) in [5.41, 5.74) is 3.54. The molecule has 3 heterocycles. The summed E-state index contributed by atoms with van der Waals surface area (Å²) in [6.07, 6.45) is -7.75. The van der Waals surface area contributed by atoms with Crippen molar-refractivity contribution in [3.8, 4) is 0 Å². The first-order valence-corrected chi connectivity index (χ1v) is 12.6. The van der Waals surface area contributed by atoms with Crippen LogP contribution in [0.4, 0.5) is 32.3 Å². The smallest absolute Gasteiger partial charge is 0.383 e. The third-order valence-electron chi connectivity index (χ3n) is 5.89. The predicted molar refractivity (Wildman–Crippen MR) is 124 cm³/mol. The Labute approximate surface area is 218 Å². The number of nitrogens with one attached hydrogen (secondary N) is 2. The van der Waals surface area contributed by atoms with Crippen molar-refractivity contribution in [3.05, 3.63) is 18.0 Å². The number of methoxy groups -OCH3 is 1. The van der Waals surface area contributed by atoms with E-state index in [-0.39, 0.29) is 44.6 Å². The van der Waals surface area contributed by atoms with Crippen LogP contribution in [-0.4, -0.2) is 103 Å². The zero-order valence-corrected chi connectivity index (χ0v) is 21.2. The number of hydrazine groups is 1. The van der Waals surface area contributed by atoms with Gasteiger partial charge in [-0.3, -0.25) is 15.0 Å². The fourth-order valence-electron chi connectivity index (χ4n) is 3.97. The van der Waals surface area contributed by atoms with Crippen molar-refractivity contribution in [2.24, 2.45) is 5.92 Å². The molecule has 17 heteroatoms. The van der Waals surface area contributed by atoms with E-state index in [0.717, 1.165) is 24.2 Å². The van der Waals surface area contributed by atoms with Gasteiger partial charge in [0.1, 0.15) is 5.92 Å². The number of carbonyl (C=O) groups excluding carboxylic acids is 2. The quantitative estimate of drug-likeness (QED) is 0.317. The first-order valence-electron chi connectivity index (χ1n) is 11.6. The molecule has 2 fully saturated rings. The lowest BCUT2D eigenvalue weighted by Gasteiger charge is -2.35. The van der Waals surface area contributed by atoms with E-state index in [0.29, 0.717) is 26.2 Å². The number of halogens is 6. The van der Waals surface area contributed by atoms with Crippen molar-refractivity contribution in [1.82, 2.24) is 25.7 Å². The predicted octanol–water partition coefficient (Wildman–Crippen LogP) is 1.48. The number of anilines is 1. The molecule has 2 N–H and O–H groups in total. The second-order valence-electron chi connectivity index (χ2n) is 8.60. The Balaban J connectivity index is 1.41. The van der Waals surface area contributed by atoms with E-state index < -0.39 is 40.2 Å². The second-order valence-corrected chi connectivity index (χ2v) is 10.1. The van der Waals surface area contributed by atoms with E-state index in [4.69, 9.17) is 9.47 Å². The summed E-state index contributed by atoms with van der Waals surface area (Å²) in [5, 5.41) is -1.57. The van der Waals surface area contributed by atoms with E-state index in [9.17, 15) is 35.9 Å². The number of aromatic nitrogens is 2. The molecule has 3 rings (SSSR count). The number of nitrogens with zero attached hydrogens (tertiary/aromatic N) is 4. The lowest BCUT2D eigenvalue weighted by molar-refractivity contribution is -0.186. The summed E-state index contributed by atoms with van der Waals surface area (Å²) in [7, 11) is 1.40. The van der Waals surface area contributed by atoms with Crippen molar-refractivity contribution in [3.63, 3.8) is 0 Å². The van der Waals surface area contributed by atoms with Crippen LogP contribution in [-0.2, 0) is 25.2 Å². The summed E-state index contributed by atoms with van der Waals surface area (Å²) >= 11 is 0.948. The number of piperazine rings is 1. The first kappa shape index (κ1) is 30.2. The molecule has 10 nitrogen and oxygen atoms in total. The highest BCUT2D eigenvalue weighted by atomic mass is 32.2. The summed E-state index contributed by atoms with van der Waals surface area (Å²) in [4.78, 5) is 35.1. The number of rotatable bonds is 10. The van der Waals surface area contributed by atoms with Crippen LogP contribution in [0.15, 0.2) is 12.4 Å². The molecule has 0 saturated carbocycles. The van der Waals surface area contributed by atoms with Crippen molar-refractivity contribution >= 4 is 29.5 Å². The minimum atomic E-state index is -4.70. The fraction of sp³-hybridized carbons (Fsp3) is 0.714. The van der Waals surface area contributed by atoms with Crippen LogP contribution in [0.3, 0.4) is 0 Å². The molecular weight excluding hydrogens is 546 g/mol. The summed E-state index contributed by atoms with van der Waals surface area (Å²) in [6.45, 7) is 1.39. The van der Waals surface area contributed by atoms with Gasteiger partial charge in [-0.25, -0.2) is 15.4 Å². The summed E-state index contributed by atoms with van der Waals surface area (Å²) in [5.74, 6) is -3.36. The fourth-order valence-corrected chi connectivity index (χ4v) is 5.47. The maximum Gasteiger partial charge on any atom is 0.419 e. The second kappa shape index (κ2) is 13.1. The maximum atomic E-state index is 13.4. The molecule has 2 aliphatic heterocycles. The number of alkyl halides is 6. The Bertz CT molecular complexity index is 930. The normalized spacial score (nSPS) is 21.8. The zero-order chi connectivity index (χ0) is 27.9. The lowest BCUT2D eigenvalue weighted by Crippen LogP contribution is -2.59. The van der Waals surface area contributed by atoms with Gasteiger partial charge in [-0.05, 0) is 0 Å². The van der Waals surface area contributed by atoms with Crippen molar-refractivity contribution in [2.75, 3.05) is 64.6 Å². The molecule has 3 atom stereocenters. The van der Waals surface area contributed by atoms with Crippen LogP contribution < -0.4 is 15.8 Å². The molecule has 2 amide bonds. The Morgan fingerprint density at radius 2 is 1.79 bits per heavy atom. The van der Waals surface area contributed by atoms with Gasteiger partial charge < -0.3 is 19.3 Å². The van der Waals surface area contributed by atoms with Gasteiger partial charge in [0.05, 0.1) is 37.1 Å². The number of hydrogen-bond donors (Lipinski definition) is 2. The number of carbonyl (C=O) groups is 2. The van der Waals surface area contributed by atoms with Crippen molar-refractivity contribution in [1.29, 1.82) is 0 Å². The monoisotopic (exact) mass is 574 g/mol. The molecule has 1 aromatic heterocycles. The van der Waals surface area contributed by atoms with Crippen LogP contribution in [0.1, 0.15) is 12.0 Å². The standard InChI is InChI=1S/C21H28F6N6O4S/c1-36-11-14(38-15-10-30-31-18(35)17(15)21(25,26)27)12-37-7-2-16(34)32-3-5-33(6-4-32)19-28-8-13(9-29-19)20(22,23)24/h8-9,14-15,17,30H,2-7,10-12H2,1H3,(H,31,35)/t14-,15?,17?/m0/s1. The molecule has 2 saturated heterocycles. The molecule has 2 unspecified atom stereocenters. The topological polar surface area (TPSA) is 109 Å². The van der Waals surface area contributed by atoms with Gasteiger partial charge in [-0.1, -0.05) is 0 Å². The van der Waals surface area contributed by atoms with E-state index in [1.165, 1.54) is 7.11 Å². The molecule has 214 valence electrons. The van der Waals surface area contributed by atoms with Crippen molar-refractivity contribution in [2.45, 2.75) is 29.3 Å². The van der Waals surface area contributed by atoms with Crippen LogP contribution in [0.25, 0.3) is 0 Å². The Morgan fingerprint density at radius 3 is 2.37 bits per heavy atom. The molecule has 0 bridgehead atoms. The molecule has 0 radical (unpaired) electrons. The number of thioether (sulfide) groups is 1. The van der Waals surface area contributed by atoms with Gasteiger partial charge in [0.2, 0.25) is 17.8 Å². The number of amides is 2. The number of hydrogen-bond acceptors (Lipinski definition) is 9. The minimum absolute atomic E-state index is 0.0213. The molecule has 2 aliphatic rings. The third-order valence-corrected chi connectivity index (χ3v) is 7.33. The van der Waals surface area contributed by atoms with Gasteiger partial charge in [0.25, 0.3) is 0 Å². The van der Waals surface area contributed by atoms with Crippen LogP contribution >= 0.6 is 11.8 Å². The average molecular weight is 575 g/mol. The Hall–Kier alpha value is -2.37. The van der Waals surface area contributed by atoms with Gasteiger partial charge in [0.15, 0.2) is 0 Å². The van der Waals surface area contributed by atoms with Crippen LogP contribution in [0, 0.1) is 5.92 Å². The van der Waals surface area contributed by atoms with E-state index in [2.05, 4.69) is 15.4 Å². The number of ether oxygens (including phenoxy) is 2. The average Bonchev–Trinajstić information content (AvgIpc) is 2.85. The SMILES string of the molecule is COC[C@@H](COCCC(=O)N1CCN(c2ncc(C(F)(F)F)cn2)CC1)SC1CNNC(=O)C1C(F)(F)F. The van der Waals surface area contributed by atoms with Gasteiger partial charge in [0, 0.05) is 57.5 Å². The minimum Gasteiger partial charge on any atom is -0.383 e. The third kappa shape index (κ3) is 8.31. The lowest BCUT2D eigenvalue weighted by atomic mass is 10.0. The molecule has 0 spiro atoms. The van der Waals surface area contributed by atoms with Gasteiger partial charge in [-0.15, -0.1) is 11.8 Å². The Morgan fingerprint density at radius 1 is 1.13 bits per heavy atom. The van der Waals surface area contributed by atoms with Crippen LogP contribution in [0.5, 0.6) is 0 Å². The van der Waals surface area contributed by atoms with E-state index in [1.807, 2.05) is 5.43 Å². The zero-order valence-electron chi connectivity index (χ0n) is 20.3. The maximum absolute atomic E-state index is 13.4. The molecule has 38 heavy (non-hydrogen) atoms. The first-order chi connectivity index (χ1) is 17.9. The van der Waals surface area contributed by atoms with E-state index >= 15 is 0 Å².